The Labute approximate surface area is 103 Å². The highest BCUT2D eigenvalue weighted by molar-refractivity contribution is 5.80. The molecule has 0 spiro atoms. The van der Waals surface area contributed by atoms with Crippen LogP contribution in [0.1, 0.15) is 18.1 Å². The molecule has 17 heavy (non-hydrogen) atoms. The van der Waals surface area contributed by atoms with Gasteiger partial charge in [-0.1, -0.05) is 19.1 Å². The van der Waals surface area contributed by atoms with E-state index in [1.165, 1.54) is 16.8 Å². The Hall–Kier alpha value is -1.51. The van der Waals surface area contributed by atoms with Crippen LogP contribution in [-0.4, -0.2) is 31.4 Å². The Morgan fingerprint density at radius 3 is 2.88 bits per heavy atom. The number of fused-ring (bicyclic) bond motifs is 1. The van der Waals surface area contributed by atoms with Crippen LogP contribution in [0.15, 0.2) is 18.2 Å². The normalized spacial score (nSPS) is 18.2. The molecule has 0 aliphatic carbocycles. The maximum Gasteiger partial charge on any atom is 0.227 e. The second-order valence-corrected chi connectivity index (χ2v) is 4.86. The first-order chi connectivity index (χ1) is 8.11. The number of nitrogens with zero attached hydrogens (tertiary/aromatic N) is 1. The number of nitrogens with one attached hydrogen (secondary N) is 1. The first-order valence-corrected chi connectivity index (χ1v) is 6.18. The van der Waals surface area contributed by atoms with Crippen LogP contribution in [0.3, 0.4) is 0 Å². The Bertz CT molecular complexity index is 426. The summed E-state index contributed by atoms with van der Waals surface area (Å²) in [4.78, 5) is 13.6. The van der Waals surface area contributed by atoms with E-state index in [2.05, 4.69) is 30.4 Å². The molecular formula is C14H20N2O. The Balaban J connectivity index is 2.19. The molecule has 92 valence electrons. The molecule has 3 nitrogen and oxygen atoms in total. The summed E-state index contributed by atoms with van der Waals surface area (Å²) in [6.45, 7) is 2.90. The summed E-state index contributed by atoms with van der Waals surface area (Å²) in [5, 5.41) is 3.35. The molecule has 0 saturated heterocycles. The first-order valence-electron chi connectivity index (χ1n) is 6.18. The highest BCUT2D eigenvalue weighted by atomic mass is 16.2. The molecule has 1 aliphatic rings. The number of benzene rings is 1. The summed E-state index contributed by atoms with van der Waals surface area (Å²) >= 11 is 0. The maximum atomic E-state index is 11.9. The lowest BCUT2D eigenvalue weighted by Crippen LogP contribution is -2.37. The summed E-state index contributed by atoms with van der Waals surface area (Å²) in [7, 11) is 3.64. The van der Waals surface area contributed by atoms with Gasteiger partial charge in [0.25, 0.3) is 0 Å². The van der Waals surface area contributed by atoms with Crippen molar-refractivity contribution >= 4 is 11.6 Å². The maximum absolute atomic E-state index is 11.9. The van der Waals surface area contributed by atoms with Crippen molar-refractivity contribution in [3.8, 4) is 0 Å². The smallest absolute Gasteiger partial charge is 0.227 e. The molecule has 1 heterocycles. The molecule has 1 N–H and O–H groups in total. The van der Waals surface area contributed by atoms with Crippen LogP contribution in [0.5, 0.6) is 0 Å². The number of hydrogen-bond donors (Lipinski definition) is 1. The number of anilines is 1. The van der Waals surface area contributed by atoms with Gasteiger partial charge in [0.1, 0.15) is 0 Å². The molecule has 0 saturated carbocycles. The first kappa shape index (κ1) is 12.0. The molecule has 1 unspecified atom stereocenters. The zero-order chi connectivity index (χ0) is 12.4. The van der Waals surface area contributed by atoms with Gasteiger partial charge in [0, 0.05) is 26.3 Å². The Morgan fingerprint density at radius 2 is 2.24 bits per heavy atom. The zero-order valence-electron chi connectivity index (χ0n) is 10.8. The third kappa shape index (κ3) is 2.43. The van der Waals surface area contributed by atoms with Gasteiger partial charge in [-0.3, -0.25) is 4.79 Å². The standard InChI is InChI=1S/C14H20N2O/c1-4-10-5-6-13-11(7-10)8-12(9-15-13)14(17)16(2)3/h5-7,12,15H,4,8-9H2,1-3H3. The van der Waals surface area contributed by atoms with Crippen molar-refractivity contribution in [3.63, 3.8) is 0 Å². The molecule has 1 amide bonds. The number of aryl methyl sites for hydroxylation is 1. The van der Waals surface area contributed by atoms with Crippen LogP contribution in [0, 0.1) is 5.92 Å². The van der Waals surface area contributed by atoms with Gasteiger partial charge in [0.2, 0.25) is 5.91 Å². The molecule has 0 aromatic heterocycles. The van der Waals surface area contributed by atoms with E-state index < -0.39 is 0 Å². The fraction of sp³-hybridized carbons (Fsp3) is 0.500. The summed E-state index contributed by atoms with van der Waals surface area (Å²) in [5.41, 5.74) is 3.80. The van der Waals surface area contributed by atoms with Crippen molar-refractivity contribution in [2.24, 2.45) is 5.92 Å². The number of carbonyl (C=O) groups excluding carboxylic acids is 1. The second kappa shape index (κ2) is 4.78. The average Bonchev–Trinajstić information content (AvgIpc) is 2.36. The molecule has 0 fully saturated rings. The minimum Gasteiger partial charge on any atom is -0.384 e. The molecule has 2 rings (SSSR count). The van der Waals surface area contributed by atoms with E-state index in [1.807, 2.05) is 14.1 Å². The van der Waals surface area contributed by atoms with Gasteiger partial charge in [0.15, 0.2) is 0 Å². The third-order valence-electron chi connectivity index (χ3n) is 3.37. The van der Waals surface area contributed by atoms with E-state index in [9.17, 15) is 4.79 Å². The summed E-state index contributed by atoms with van der Waals surface area (Å²) in [6, 6.07) is 6.50. The monoisotopic (exact) mass is 232 g/mol. The van der Waals surface area contributed by atoms with Gasteiger partial charge in [-0.15, -0.1) is 0 Å². The van der Waals surface area contributed by atoms with E-state index in [0.29, 0.717) is 0 Å². The van der Waals surface area contributed by atoms with Crippen molar-refractivity contribution in [3.05, 3.63) is 29.3 Å². The van der Waals surface area contributed by atoms with Crippen molar-refractivity contribution in [1.82, 2.24) is 4.90 Å². The van der Waals surface area contributed by atoms with Crippen LogP contribution < -0.4 is 5.32 Å². The average molecular weight is 232 g/mol. The van der Waals surface area contributed by atoms with Gasteiger partial charge in [0.05, 0.1) is 5.92 Å². The summed E-state index contributed by atoms with van der Waals surface area (Å²) in [5.74, 6) is 0.287. The Kier molecular flexibility index (Phi) is 3.36. The zero-order valence-corrected chi connectivity index (χ0v) is 10.8. The fourth-order valence-corrected chi connectivity index (χ4v) is 2.32. The van der Waals surface area contributed by atoms with Gasteiger partial charge in [-0.2, -0.15) is 0 Å². The quantitative estimate of drug-likeness (QED) is 0.845. The van der Waals surface area contributed by atoms with Gasteiger partial charge in [-0.05, 0) is 30.0 Å². The van der Waals surface area contributed by atoms with Crippen molar-refractivity contribution in [2.75, 3.05) is 26.0 Å². The van der Waals surface area contributed by atoms with E-state index in [-0.39, 0.29) is 11.8 Å². The third-order valence-corrected chi connectivity index (χ3v) is 3.37. The van der Waals surface area contributed by atoms with Crippen molar-refractivity contribution in [2.45, 2.75) is 19.8 Å². The van der Waals surface area contributed by atoms with Crippen molar-refractivity contribution in [1.29, 1.82) is 0 Å². The summed E-state index contributed by atoms with van der Waals surface area (Å²) in [6.07, 6.45) is 1.90. The van der Waals surface area contributed by atoms with E-state index in [4.69, 9.17) is 0 Å². The number of carbonyl (C=O) groups is 1. The fourth-order valence-electron chi connectivity index (χ4n) is 2.32. The topological polar surface area (TPSA) is 32.3 Å². The lowest BCUT2D eigenvalue weighted by Gasteiger charge is -2.27. The molecule has 1 aromatic rings. The molecule has 1 aromatic carbocycles. The number of hydrogen-bond acceptors (Lipinski definition) is 2. The summed E-state index contributed by atoms with van der Waals surface area (Å²) < 4.78 is 0. The molecule has 1 aliphatic heterocycles. The molecular weight excluding hydrogens is 212 g/mol. The van der Waals surface area contributed by atoms with Gasteiger partial charge < -0.3 is 10.2 Å². The Morgan fingerprint density at radius 1 is 1.47 bits per heavy atom. The lowest BCUT2D eigenvalue weighted by atomic mass is 9.91. The highest BCUT2D eigenvalue weighted by Gasteiger charge is 2.25. The van der Waals surface area contributed by atoms with Crippen molar-refractivity contribution < 1.29 is 4.79 Å². The minimum atomic E-state index is 0.0737. The van der Waals surface area contributed by atoms with E-state index in [0.717, 1.165) is 19.4 Å². The SMILES string of the molecule is CCc1ccc2c(c1)CC(C(=O)N(C)C)CN2. The lowest BCUT2D eigenvalue weighted by molar-refractivity contribution is -0.132. The molecule has 0 bridgehead atoms. The van der Waals surface area contributed by atoms with Crippen LogP contribution >= 0.6 is 0 Å². The highest BCUT2D eigenvalue weighted by Crippen LogP contribution is 2.26. The molecule has 3 heteroatoms. The van der Waals surface area contributed by atoms with Crippen LogP contribution in [0.2, 0.25) is 0 Å². The number of amides is 1. The number of rotatable bonds is 2. The molecule has 1 atom stereocenters. The van der Waals surface area contributed by atoms with Gasteiger partial charge >= 0.3 is 0 Å². The van der Waals surface area contributed by atoms with Crippen LogP contribution in [0.25, 0.3) is 0 Å². The molecule has 0 radical (unpaired) electrons. The van der Waals surface area contributed by atoms with E-state index >= 15 is 0 Å². The second-order valence-electron chi connectivity index (χ2n) is 4.86. The largest absolute Gasteiger partial charge is 0.384 e. The van der Waals surface area contributed by atoms with Gasteiger partial charge in [-0.25, -0.2) is 0 Å². The van der Waals surface area contributed by atoms with E-state index in [1.54, 1.807) is 4.90 Å². The minimum absolute atomic E-state index is 0.0737. The van der Waals surface area contributed by atoms with Crippen LogP contribution in [-0.2, 0) is 17.6 Å². The predicted octanol–water partition coefficient (Wildman–Crippen LogP) is 1.92. The predicted molar refractivity (Wildman–Crippen MR) is 70.2 cm³/mol. The van der Waals surface area contributed by atoms with Crippen LogP contribution in [0.4, 0.5) is 5.69 Å².